The first kappa shape index (κ1) is 13.5. The number of ether oxygens (including phenoxy) is 2. The molecular weight excluding hydrogens is 314 g/mol. The van der Waals surface area contributed by atoms with E-state index in [2.05, 4.69) is 31.1 Å². The van der Waals surface area contributed by atoms with E-state index >= 15 is 0 Å². The molecule has 0 aliphatic carbocycles. The van der Waals surface area contributed by atoms with Crippen LogP contribution in [-0.4, -0.2) is 34.9 Å². The van der Waals surface area contributed by atoms with E-state index in [4.69, 9.17) is 9.47 Å². The molecule has 2 rings (SSSR count). The van der Waals surface area contributed by atoms with Crippen molar-refractivity contribution in [1.82, 2.24) is 15.2 Å². The Bertz CT molecular complexity index is 598. The van der Waals surface area contributed by atoms with Crippen molar-refractivity contribution in [2.75, 3.05) is 13.7 Å². The summed E-state index contributed by atoms with van der Waals surface area (Å²) in [6, 6.07) is 5.45. The second-order valence-electron chi connectivity index (χ2n) is 3.57. The Labute approximate surface area is 118 Å². The predicted molar refractivity (Wildman–Crippen MR) is 72.0 cm³/mol. The highest BCUT2D eigenvalue weighted by Crippen LogP contribution is 2.30. The van der Waals surface area contributed by atoms with Gasteiger partial charge in [-0.25, -0.2) is 9.78 Å². The molecule has 0 saturated heterocycles. The molecule has 0 aliphatic rings. The molecule has 100 valence electrons. The van der Waals surface area contributed by atoms with Crippen LogP contribution in [-0.2, 0) is 4.74 Å². The van der Waals surface area contributed by atoms with Crippen LogP contribution in [0, 0.1) is 0 Å². The van der Waals surface area contributed by atoms with Gasteiger partial charge in [0, 0.05) is 4.47 Å². The molecule has 0 amide bonds. The zero-order valence-corrected chi connectivity index (χ0v) is 12.0. The summed E-state index contributed by atoms with van der Waals surface area (Å²) in [5.41, 5.74) is 0.692. The van der Waals surface area contributed by atoms with E-state index in [1.165, 1.54) is 0 Å². The Kier molecular flexibility index (Phi) is 4.16. The lowest BCUT2D eigenvalue weighted by Gasteiger charge is -2.05. The summed E-state index contributed by atoms with van der Waals surface area (Å²) in [5, 5.41) is 6.55. The number of hydrogen-bond donors (Lipinski definition) is 1. The number of hydrogen-bond acceptors (Lipinski definition) is 5. The van der Waals surface area contributed by atoms with Crippen molar-refractivity contribution in [3.8, 4) is 17.1 Å². The molecule has 0 saturated carbocycles. The number of nitrogens with one attached hydrogen (secondary N) is 1. The van der Waals surface area contributed by atoms with Gasteiger partial charge >= 0.3 is 5.97 Å². The first-order valence-electron chi connectivity index (χ1n) is 5.59. The number of nitrogens with zero attached hydrogens (tertiary/aromatic N) is 2. The lowest BCUT2D eigenvalue weighted by Crippen LogP contribution is -2.06. The summed E-state index contributed by atoms with van der Waals surface area (Å²) >= 11 is 3.36. The van der Waals surface area contributed by atoms with Crippen molar-refractivity contribution in [3.05, 3.63) is 28.5 Å². The third-order valence-electron chi connectivity index (χ3n) is 2.36. The molecule has 0 atom stereocenters. The molecule has 0 unspecified atom stereocenters. The molecule has 6 nitrogen and oxygen atoms in total. The van der Waals surface area contributed by atoms with Crippen LogP contribution in [0.4, 0.5) is 0 Å². The summed E-state index contributed by atoms with van der Waals surface area (Å²) in [7, 11) is 1.56. The van der Waals surface area contributed by atoms with Crippen LogP contribution in [0.5, 0.6) is 5.75 Å². The van der Waals surface area contributed by atoms with E-state index in [-0.39, 0.29) is 12.4 Å². The molecule has 0 radical (unpaired) electrons. The SMILES string of the molecule is CCOC(=O)c1nc(-c2ccc(Br)cc2OC)n[nH]1. The molecule has 0 fully saturated rings. The minimum Gasteiger partial charge on any atom is -0.496 e. The lowest BCUT2D eigenvalue weighted by atomic mass is 10.2. The van der Waals surface area contributed by atoms with Crippen LogP contribution in [0.2, 0.25) is 0 Å². The quantitative estimate of drug-likeness (QED) is 0.873. The third-order valence-corrected chi connectivity index (χ3v) is 2.85. The average molecular weight is 326 g/mol. The van der Waals surface area contributed by atoms with Crippen molar-refractivity contribution in [2.45, 2.75) is 6.92 Å². The van der Waals surface area contributed by atoms with Gasteiger partial charge in [0.15, 0.2) is 5.82 Å². The number of rotatable bonds is 4. The maximum atomic E-state index is 11.5. The van der Waals surface area contributed by atoms with E-state index in [1.54, 1.807) is 26.2 Å². The van der Waals surface area contributed by atoms with Gasteiger partial charge in [-0.15, -0.1) is 0 Å². The van der Waals surface area contributed by atoms with E-state index in [0.717, 1.165) is 4.47 Å². The molecule has 7 heteroatoms. The maximum Gasteiger partial charge on any atom is 0.375 e. The number of carbonyl (C=O) groups is 1. The van der Waals surface area contributed by atoms with Crippen molar-refractivity contribution < 1.29 is 14.3 Å². The number of H-pyrrole nitrogens is 1. The van der Waals surface area contributed by atoms with Crippen LogP contribution < -0.4 is 4.74 Å². The second kappa shape index (κ2) is 5.83. The first-order chi connectivity index (χ1) is 9.15. The highest BCUT2D eigenvalue weighted by Gasteiger charge is 2.16. The van der Waals surface area contributed by atoms with Gasteiger partial charge in [0.2, 0.25) is 5.82 Å². The fraction of sp³-hybridized carbons (Fsp3) is 0.250. The number of benzene rings is 1. The molecule has 19 heavy (non-hydrogen) atoms. The van der Waals surface area contributed by atoms with Gasteiger partial charge in [-0.05, 0) is 25.1 Å². The second-order valence-corrected chi connectivity index (χ2v) is 4.49. The fourth-order valence-electron chi connectivity index (χ4n) is 1.52. The van der Waals surface area contributed by atoms with Crippen LogP contribution in [0.3, 0.4) is 0 Å². The highest BCUT2D eigenvalue weighted by atomic mass is 79.9. The number of esters is 1. The highest BCUT2D eigenvalue weighted by molar-refractivity contribution is 9.10. The Morgan fingerprint density at radius 3 is 2.95 bits per heavy atom. The molecule has 0 aliphatic heterocycles. The predicted octanol–water partition coefficient (Wildman–Crippen LogP) is 2.42. The Hall–Kier alpha value is -1.89. The monoisotopic (exact) mass is 325 g/mol. The molecule has 2 aromatic rings. The van der Waals surface area contributed by atoms with Crippen LogP contribution in [0.15, 0.2) is 22.7 Å². The first-order valence-corrected chi connectivity index (χ1v) is 6.38. The van der Waals surface area contributed by atoms with Crippen molar-refractivity contribution in [1.29, 1.82) is 0 Å². The fourth-order valence-corrected chi connectivity index (χ4v) is 1.86. The van der Waals surface area contributed by atoms with Gasteiger partial charge in [0.05, 0.1) is 19.3 Å². The van der Waals surface area contributed by atoms with Gasteiger partial charge in [-0.1, -0.05) is 15.9 Å². The Morgan fingerprint density at radius 1 is 1.47 bits per heavy atom. The molecule has 1 N–H and O–H groups in total. The minimum atomic E-state index is -0.530. The minimum absolute atomic E-state index is 0.0711. The van der Waals surface area contributed by atoms with Gasteiger partial charge in [-0.2, -0.15) is 5.10 Å². The van der Waals surface area contributed by atoms with E-state index in [9.17, 15) is 4.79 Å². The summed E-state index contributed by atoms with van der Waals surface area (Å²) in [4.78, 5) is 15.6. The third kappa shape index (κ3) is 2.93. The zero-order chi connectivity index (χ0) is 13.8. The van der Waals surface area contributed by atoms with Crippen molar-refractivity contribution >= 4 is 21.9 Å². The van der Waals surface area contributed by atoms with Gasteiger partial charge < -0.3 is 9.47 Å². The van der Waals surface area contributed by atoms with E-state index < -0.39 is 5.97 Å². The lowest BCUT2D eigenvalue weighted by molar-refractivity contribution is 0.0512. The Morgan fingerprint density at radius 2 is 2.26 bits per heavy atom. The van der Waals surface area contributed by atoms with Crippen LogP contribution in [0.1, 0.15) is 17.5 Å². The molecule has 0 bridgehead atoms. The smallest absolute Gasteiger partial charge is 0.375 e. The number of halogens is 1. The normalized spacial score (nSPS) is 10.3. The number of carbonyl (C=O) groups excluding carboxylic acids is 1. The van der Waals surface area contributed by atoms with Crippen LogP contribution >= 0.6 is 15.9 Å². The van der Waals surface area contributed by atoms with E-state index in [0.29, 0.717) is 17.1 Å². The van der Waals surface area contributed by atoms with Gasteiger partial charge in [0.1, 0.15) is 5.75 Å². The molecule has 1 heterocycles. The average Bonchev–Trinajstić information content (AvgIpc) is 2.88. The zero-order valence-electron chi connectivity index (χ0n) is 10.4. The van der Waals surface area contributed by atoms with Crippen molar-refractivity contribution in [3.63, 3.8) is 0 Å². The summed E-state index contributed by atoms with van der Waals surface area (Å²) in [6.45, 7) is 2.02. The molecule has 0 spiro atoms. The summed E-state index contributed by atoms with van der Waals surface area (Å²) in [6.07, 6.45) is 0. The van der Waals surface area contributed by atoms with Gasteiger partial charge in [0.25, 0.3) is 0 Å². The Balaban J connectivity index is 2.35. The van der Waals surface area contributed by atoms with Crippen LogP contribution in [0.25, 0.3) is 11.4 Å². The molecule has 1 aromatic heterocycles. The van der Waals surface area contributed by atoms with Gasteiger partial charge in [-0.3, -0.25) is 5.10 Å². The largest absolute Gasteiger partial charge is 0.496 e. The number of methoxy groups -OCH3 is 1. The summed E-state index contributed by atoms with van der Waals surface area (Å²) < 4.78 is 11.0. The van der Waals surface area contributed by atoms with E-state index in [1.807, 2.05) is 6.07 Å². The standard InChI is InChI=1S/C12H12BrN3O3/c1-3-19-12(17)11-14-10(15-16-11)8-5-4-7(13)6-9(8)18-2/h4-6H,3H2,1-2H3,(H,14,15,16). The maximum absolute atomic E-state index is 11.5. The van der Waals surface area contributed by atoms with Crippen molar-refractivity contribution in [2.24, 2.45) is 0 Å². The molecule has 1 aromatic carbocycles. The topological polar surface area (TPSA) is 77.1 Å². The number of aromatic nitrogens is 3. The molecular formula is C12H12BrN3O3. The summed E-state index contributed by atoms with van der Waals surface area (Å²) in [5.74, 6) is 0.537. The number of aromatic amines is 1.